The van der Waals surface area contributed by atoms with Crippen molar-refractivity contribution in [3.63, 3.8) is 0 Å². The van der Waals surface area contributed by atoms with Crippen LogP contribution in [0.1, 0.15) is 104 Å². The van der Waals surface area contributed by atoms with Gasteiger partial charge in [0.2, 0.25) is 0 Å². The normalized spacial score (nSPS) is 30.3. The zero-order chi connectivity index (χ0) is 26.8. The van der Waals surface area contributed by atoms with Crippen molar-refractivity contribution in [2.45, 2.75) is 104 Å². The molecule has 0 saturated carbocycles. The van der Waals surface area contributed by atoms with Gasteiger partial charge in [0.1, 0.15) is 0 Å². The van der Waals surface area contributed by atoms with Crippen LogP contribution < -0.4 is 5.32 Å². The van der Waals surface area contributed by atoms with E-state index < -0.39 is 0 Å². The van der Waals surface area contributed by atoms with Gasteiger partial charge in [-0.2, -0.15) is 0 Å². The molecule has 5 aliphatic carbocycles. The molecule has 4 unspecified atom stereocenters. The average Bonchev–Trinajstić information content (AvgIpc) is 3.54. The van der Waals surface area contributed by atoms with Gasteiger partial charge in [0, 0.05) is 6.54 Å². The predicted octanol–water partition coefficient (Wildman–Crippen LogP) is 10.0. The summed E-state index contributed by atoms with van der Waals surface area (Å²) in [4.78, 5) is 0. The summed E-state index contributed by atoms with van der Waals surface area (Å²) in [5.74, 6) is 2.16. The molecule has 1 fully saturated rings. The minimum atomic E-state index is 0.299. The highest BCUT2D eigenvalue weighted by atomic mass is 14.9. The predicted molar refractivity (Wildman–Crippen MR) is 167 cm³/mol. The van der Waals surface area contributed by atoms with Crippen LogP contribution in [0.4, 0.5) is 0 Å². The Labute approximate surface area is 238 Å². The summed E-state index contributed by atoms with van der Waals surface area (Å²) in [6, 6.07) is 0. The summed E-state index contributed by atoms with van der Waals surface area (Å²) in [7, 11) is 0. The van der Waals surface area contributed by atoms with Crippen LogP contribution in [-0.4, -0.2) is 13.1 Å². The summed E-state index contributed by atoms with van der Waals surface area (Å²) in [5.41, 5.74) is 13.6. The second kappa shape index (κ2) is 11.8. The molecule has 39 heavy (non-hydrogen) atoms. The van der Waals surface area contributed by atoms with Crippen LogP contribution in [0.5, 0.6) is 0 Å². The molecule has 1 aliphatic heterocycles. The van der Waals surface area contributed by atoms with Gasteiger partial charge in [0.25, 0.3) is 0 Å². The average molecular weight is 522 g/mol. The summed E-state index contributed by atoms with van der Waals surface area (Å²) in [6.07, 6.45) is 35.1. The van der Waals surface area contributed by atoms with Crippen LogP contribution in [-0.2, 0) is 0 Å². The number of allylic oxidation sites excluding steroid dienone is 14. The third kappa shape index (κ3) is 5.46. The van der Waals surface area contributed by atoms with Gasteiger partial charge in [-0.3, -0.25) is 0 Å². The number of hydrogen-bond acceptors (Lipinski definition) is 1. The van der Waals surface area contributed by atoms with Crippen LogP contribution in [0.3, 0.4) is 0 Å². The smallest absolute Gasteiger partial charge is 0.00172 e. The number of fused-ring (bicyclic) bond motifs is 2. The molecule has 0 spiro atoms. The fourth-order valence-electron chi connectivity index (χ4n) is 8.64. The van der Waals surface area contributed by atoms with Crippen LogP contribution in [0.2, 0.25) is 0 Å². The summed E-state index contributed by atoms with van der Waals surface area (Å²) in [6.45, 7) is 11.7. The molecule has 6 rings (SSSR count). The Bertz CT molecular complexity index is 1190. The molecule has 6 aliphatic rings. The van der Waals surface area contributed by atoms with Gasteiger partial charge in [-0.25, -0.2) is 0 Å². The van der Waals surface area contributed by atoms with Crippen molar-refractivity contribution >= 4 is 0 Å². The molecular weight excluding hydrogens is 470 g/mol. The first kappa shape index (κ1) is 27.1. The third-order valence-corrected chi connectivity index (χ3v) is 11.4. The summed E-state index contributed by atoms with van der Waals surface area (Å²) in [5, 5.41) is 3.52. The van der Waals surface area contributed by atoms with E-state index in [2.05, 4.69) is 68.3 Å². The van der Waals surface area contributed by atoms with Crippen molar-refractivity contribution in [2.24, 2.45) is 23.2 Å². The molecular formula is C38H51N. The van der Waals surface area contributed by atoms with Crippen LogP contribution >= 0.6 is 0 Å². The molecule has 1 saturated heterocycles. The van der Waals surface area contributed by atoms with E-state index in [4.69, 9.17) is 0 Å². The highest BCUT2D eigenvalue weighted by molar-refractivity contribution is 5.52. The Morgan fingerprint density at radius 3 is 2.62 bits per heavy atom. The maximum Gasteiger partial charge on any atom is 0.00172 e. The molecule has 0 aromatic heterocycles. The fourth-order valence-corrected chi connectivity index (χ4v) is 8.64. The van der Waals surface area contributed by atoms with E-state index in [1.807, 2.05) is 0 Å². The quantitative estimate of drug-likeness (QED) is 0.313. The first-order valence-corrected chi connectivity index (χ1v) is 16.3. The molecule has 1 heterocycles. The Kier molecular flexibility index (Phi) is 8.17. The number of rotatable bonds is 8. The zero-order valence-electron chi connectivity index (χ0n) is 24.8. The molecule has 1 nitrogen and oxygen atoms in total. The van der Waals surface area contributed by atoms with Crippen LogP contribution in [0, 0.1) is 23.2 Å². The molecule has 0 bridgehead atoms. The van der Waals surface area contributed by atoms with E-state index in [1.165, 1.54) is 95.5 Å². The standard InChI is InChI=1S/C38H51N/c1-4-38(3,24-22-27(2)30-23-25-39-26-30)31-18-16-29(17-19-31)33-20-21-37(36-14-8-7-13-34(33)36)35-15-9-11-28-10-5-6-12-32(28)35/h6-7,11-13,16,18,30,36-37,39H,2,4-5,8-10,14-15,17,19-26H2,1,3H3. The second-order valence-electron chi connectivity index (χ2n) is 13.5. The van der Waals surface area contributed by atoms with Crippen LogP contribution in [0.25, 0.3) is 0 Å². The minimum Gasteiger partial charge on any atom is -0.316 e. The molecule has 208 valence electrons. The van der Waals surface area contributed by atoms with Gasteiger partial charge >= 0.3 is 0 Å². The van der Waals surface area contributed by atoms with Crippen molar-refractivity contribution in [1.82, 2.24) is 5.32 Å². The van der Waals surface area contributed by atoms with Gasteiger partial charge in [0.05, 0.1) is 0 Å². The molecule has 0 amide bonds. The van der Waals surface area contributed by atoms with Crippen LogP contribution in [0.15, 0.2) is 93.7 Å². The summed E-state index contributed by atoms with van der Waals surface area (Å²) >= 11 is 0. The maximum atomic E-state index is 4.50. The number of hydrogen-bond donors (Lipinski definition) is 1. The topological polar surface area (TPSA) is 12.0 Å². The van der Waals surface area contributed by atoms with Crippen molar-refractivity contribution in [2.75, 3.05) is 13.1 Å². The minimum absolute atomic E-state index is 0.299. The lowest BCUT2D eigenvalue weighted by Crippen LogP contribution is -2.28. The lowest BCUT2D eigenvalue weighted by Gasteiger charge is -2.41. The van der Waals surface area contributed by atoms with Gasteiger partial charge in [-0.05, 0) is 147 Å². The Balaban J connectivity index is 1.22. The highest BCUT2D eigenvalue weighted by Gasteiger charge is 2.37. The highest BCUT2D eigenvalue weighted by Crippen LogP contribution is 2.51. The molecule has 1 N–H and O–H groups in total. The van der Waals surface area contributed by atoms with Gasteiger partial charge < -0.3 is 5.32 Å². The Hall–Kier alpha value is -2.12. The van der Waals surface area contributed by atoms with E-state index >= 15 is 0 Å². The third-order valence-electron chi connectivity index (χ3n) is 11.4. The largest absolute Gasteiger partial charge is 0.316 e. The van der Waals surface area contributed by atoms with Gasteiger partial charge in [-0.1, -0.05) is 79.7 Å². The molecule has 0 aromatic rings. The molecule has 0 aromatic carbocycles. The number of nitrogens with one attached hydrogen (secondary N) is 1. The molecule has 0 radical (unpaired) electrons. The Morgan fingerprint density at radius 1 is 0.923 bits per heavy atom. The summed E-state index contributed by atoms with van der Waals surface area (Å²) < 4.78 is 0. The van der Waals surface area contributed by atoms with E-state index in [0.29, 0.717) is 11.3 Å². The lowest BCUT2D eigenvalue weighted by atomic mass is 9.63. The molecule has 1 heteroatoms. The molecule has 4 atom stereocenters. The SMILES string of the molecule is C=C(CCC(C)(CC)C1=CC=C(C2=C3C=CCCC3C(C3=C4C=CCCC4=CCC3)CC2)CC1)C1CCNC1. The maximum absolute atomic E-state index is 4.50. The second-order valence-corrected chi connectivity index (χ2v) is 13.5. The van der Waals surface area contributed by atoms with Crippen molar-refractivity contribution in [3.8, 4) is 0 Å². The van der Waals surface area contributed by atoms with Gasteiger partial charge in [0.15, 0.2) is 0 Å². The van der Waals surface area contributed by atoms with Crippen molar-refractivity contribution < 1.29 is 0 Å². The fraction of sp³-hybridized carbons (Fsp3) is 0.579. The van der Waals surface area contributed by atoms with E-state index in [-0.39, 0.29) is 0 Å². The Morgan fingerprint density at radius 2 is 1.82 bits per heavy atom. The first-order valence-electron chi connectivity index (χ1n) is 16.3. The van der Waals surface area contributed by atoms with Crippen molar-refractivity contribution in [3.05, 3.63) is 93.7 Å². The van der Waals surface area contributed by atoms with Gasteiger partial charge in [-0.15, -0.1) is 0 Å². The first-order chi connectivity index (χ1) is 19.1. The van der Waals surface area contributed by atoms with Crippen molar-refractivity contribution in [1.29, 1.82) is 0 Å². The lowest BCUT2D eigenvalue weighted by molar-refractivity contribution is 0.333. The monoisotopic (exact) mass is 521 g/mol. The zero-order valence-corrected chi connectivity index (χ0v) is 24.8. The van der Waals surface area contributed by atoms with E-state index in [1.54, 1.807) is 39.0 Å². The van der Waals surface area contributed by atoms with E-state index in [0.717, 1.165) is 24.9 Å². The van der Waals surface area contributed by atoms with E-state index in [9.17, 15) is 0 Å².